The van der Waals surface area contributed by atoms with Crippen molar-refractivity contribution in [1.29, 1.82) is 0 Å². The number of nitrogens with zero attached hydrogens (tertiary/aromatic N) is 5. The van der Waals surface area contributed by atoms with Gasteiger partial charge in [0.1, 0.15) is 5.82 Å². The minimum absolute atomic E-state index is 0.0398. The maximum atomic E-state index is 12.8. The minimum Gasteiger partial charge on any atom is -0.356 e. The van der Waals surface area contributed by atoms with E-state index < -0.39 is 0 Å². The molecule has 0 radical (unpaired) electrons. The third-order valence-electron chi connectivity index (χ3n) is 8.28. The summed E-state index contributed by atoms with van der Waals surface area (Å²) in [6.45, 7) is 11.7. The zero-order chi connectivity index (χ0) is 22.9. The first-order valence-corrected chi connectivity index (χ1v) is 11.9. The first-order valence-electron chi connectivity index (χ1n) is 11.9. The zero-order valence-corrected chi connectivity index (χ0v) is 19.7. The number of carbonyl (C=O) groups is 1. The van der Waals surface area contributed by atoms with Crippen LogP contribution in [0.2, 0.25) is 0 Å². The van der Waals surface area contributed by atoms with E-state index in [-0.39, 0.29) is 11.9 Å². The van der Waals surface area contributed by atoms with Crippen LogP contribution in [0.5, 0.6) is 0 Å². The number of aromatic nitrogens is 5. The van der Waals surface area contributed by atoms with Gasteiger partial charge in [0.25, 0.3) is 5.91 Å². The second kappa shape index (κ2) is 7.17. The summed E-state index contributed by atoms with van der Waals surface area (Å²) >= 11 is 0. The molecular weight excluding hydrogens is 414 g/mol. The highest BCUT2D eigenvalue weighted by atomic mass is 16.1. The minimum atomic E-state index is -0.111. The Morgan fingerprint density at radius 1 is 1.24 bits per heavy atom. The van der Waals surface area contributed by atoms with Crippen LogP contribution in [0.25, 0.3) is 0 Å². The average Bonchev–Trinajstić information content (AvgIpc) is 3.41. The summed E-state index contributed by atoms with van der Waals surface area (Å²) in [6, 6.07) is 4.23. The zero-order valence-electron chi connectivity index (χ0n) is 19.7. The topological polar surface area (TPSA) is 91.7 Å². The largest absolute Gasteiger partial charge is 0.356 e. The van der Waals surface area contributed by atoms with Crippen molar-refractivity contribution in [3.05, 3.63) is 58.3 Å². The van der Waals surface area contributed by atoms with Crippen molar-refractivity contribution in [2.75, 3.05) is 18.0 Å². The summed E-state index contributed by atoms with van der Waals surface area (Å²) in [6.07, 6.45) is 5.28. The number of amides is 1. The van der Waals surface area contributed by atoms with Crippen molar-refractivity contribution in [1.82, 2.24) is 30.3 Å². The first-order chi connectivity index (χ1) is 15.8. The van der Waals surface area contributed by atoms with Crippen LogP contribution in [0.1, 0.15) is 64.9 Å². The van der Waals surface area contributed by atoms with Gasteiger partial charge in [-0.3, -0.25) is 14.6 Å². The van der Waals surface area contributed by atoms with Crippen LogP contribution in [0.3, 0.4) is 0 Å². The number of hydrogen-bond acceptors (Lipinski definition) is 5. The van der Waals surface area contributed by atoms with Gasteiger partial charge in [-0.25, -0.2) is 4.98 Å². The summed E-state index contributed by atoms with van der Waals surface area (Å²) in [5, 5.41) is 14.9. The quantitative estimate of drug-likeness (QED) is 0.629. The van der Waals surface area contributed by atoms with Gasteiger partial charge in [-0.2, -0.15) is 10.2 Å². The molecule has 2 aliphatic carbocycles. The first kappa shape index (κ1) is 20.4. The highest BCUT2D eigenvalue weighted by Gasteiger charge is 2.62. The maximum Gasteiger partial charge on any atom is 0.255 e. The summed E-state index contributed by atoms with van der Waals surface area (Å²) in [4.78, 5) is 20.1. The lowest BCUT2D eigenvalue weighted by molar-refractivity contribution is 0.0936. The smallest absolute Gasteiger partial charge is 0.255 e. The molecule has 172 valence electrons. The van der Waals surface area contributed by atoms with Crippen molar-refractivity contribution < 1.29 is 4.79 Å². The number of piperidine rings is 1. The predicted molar refractivity (Wildman–Crippen MR) is 125 cm³/mol. The van der Waals surface area contributed by atoms with E-state index in [9.17, 15) is 4.79 Å². The molecule has 8 heteroatoms. The second-order valence-corrected chi connectivity index (χ2v) is 10.6. The number of H-pyrrole nitrogens is 1. The number of aryl methyl sites for hydroxylation is 2. The van der Waals surface area contributed by atoms with Gasteiger partial charge in [0.05, 0.1) is 30.0 Å². The fraction of sp³-hybridized carbons (Fsp3) is 0.520. The lowest BCUT2D eigenvalue weighted by Crippen LogP contribution is -2.27. The lowest BCUT2D eigenvalue weighted by atomic mass is 10.1. The molecule has 3 atom stereocenters. The van der Waals surface area contributed by atoms with Crippen molar-refractivity contribution >= 4 is 11.7 Å². The van der Waals surface area contributed by atoms with Crippen LogP contribution < -0.4 is 10.2 Å². The Kier molecular flexibility index (Phi) is 4.44. The molecular formula is C25H31N7O. The Balaban J connectivity index is 1.10. The van der Waals surface area contributed by atoms with Crippen LogP contribution in [-0.2, 0) is 13.0 Å². The van der Waals surface area contributed by atoms with E-state index in [0.29, 0.717) is 17.5 Å². The number of anilines is 1. The molecule has 2 N–H and O–H groups in total. The van der Waals surface area contributed by atoms with E-state index in [1.807, 2.05) is 17.8 Å². The molecule has 6 rings (SSSR count). The van der Waals surface area contributed by atoms with Gasteiger partial charge >= 0.3 is 0 Å². The number of pyridine rings is 1. The van der Waals surface area contributed by atoms with Crippen LogP contribution >= 0.6 is 0 Å². The maximum absolute atomic E-state index is 12.8. The van der Waals surface area contributed by atoms with E-state index in [1.165, 1.54) is 5.56 Å². The molecule has 8 nitrogen and oxygen atoms in total. The molecule has 3 aromatic rings. The fourth-order valence-electron chi connectivity index (χ4n) is 5.86. The standard InChI is InChI=1S/C25H31N7O/c1-14-16(5-8-22(27-14)31-12-19-20(13-31)25(19,3)4)10-32-11-17(9-26-32)24(33)28-21-7-6-18-15(2)29-30-23(18)21/h5,8-9,11,19-21H,6-7,10,12-13H2,1-4H3,(H,28,33)(H,29,30)/t19?,20?,21-/m1/s1. The monoisotopic (exact) mass is 445 g/mol. The van der Waals surface area contributed by atoms with Gasteiger partial charge in [-0.1, -0.05) is 19.9 Å². The number of carbonyl (C=O) groups excluding carboxylic acids is 1. The number of aromatic amines is 1. The molecule has 1 saturated carbocycles. The number of nitrogens with one attached hydrogen (secondary N) is 2. The van der Waals surface area contributed by atoms with Gasteiger partial charge in [0, 0.05) is 30.7 Å². The van der Waals surface area contributed by atoms with Crippen molar-refractivity contribution in [3.63, 3.8) is 0 Å². The van der Waals surface area contributed by atoms with Crippen LogP contribution in [0.15, 0.2) is 24.5 Å². The molecule has 3 aromatic heterocycles. The van der Waals surface area contributed by atoms with Crippen LogP contribution in [0, 0.1) is 31.1 Å². The van der Waals surface area contributed by atoms with Crippen molar-refractivity contribution in [2.24, 2.45) is 17.3 Å². The van der Waals surface area contributed by atoms with Crippen molar-refractivity contribution in [3.8, 4) is 0 Å². The summed E-state index contributed by atoms with van der Waals surface area (Å²) in [5.41, 5.74) is 6.50. The number of rotatable bonds is 5. The average molecular weight is 446 g/mol. The molecule has 3 aliphatic rings. The SMILES string of the molecule is Cc1nc(N2CC3C(C2)C3(C)C)ccc1Cn1cc(C(=O)N[C@@H]2CCc3c2n[nH]c3C)cn1. The van der Waals surface area contributed by atoms with Crippen molar-refractivity contribution in [2.45, 2.75) is 53.1 Å². The Morgan fingerprint density at radius 2 is 2.03 bits per heavy atom. The van der Waals surface area contributed by atoms with E-state index in [0.717, 1.165) is 66.2 Å². The fourth-order valence-corrected chi connectivity index (χ4v) is 5.86. The normalized spacial score (nSPS) is 24.6. The summed E-state index contributed by atoms with van der Waals surface area (Å²) in [7, 11) is 0. The molecule has 33 heavy (non-hydrogen) atoms. The lowest BCUT2D eigenvalue weighted by Gasteiger charge is -2.23. The Labute approximate surface area is 193 Å². The molecule has 4 heterocycles. The second-order valence-electron chi connectivity index (χ2n) is 10.6. The number of fused-ring (bicyclic) bond motifs is 2. The Morgan fingerprint density at radius 3 is 2.79 bits per heavy atom. The van der Waals surface area contributed by atoms with Gasteiger partial charge in [-0.05, 0) is 61.1 Å². The van der Waals surface area contributed by atoms with Crippen LogP contribution in [-0.4, -0.2) is 44.0 Å². The highest BCUT2D eigenvalue weighted by Crippen LogP contribution is 2.62. The third-order valence-corrected chi connectivity index (χ3v) is 8.28. The molecule has 0 spiro atoms. The molecule has 0 bridgehead atoms. The van der Waals surface area contributed by atoms with Gasteiger partial charge < -0.3 is 10.2 Å². The van der Waals surface area contributed by atoms with E-state index in [1.54, 1.807) is 6.20 Å². The van der Waals surface area contributed by atoms with Gasteiger partial charge in [0.2, 0.25) is 0 Å². The molecule has 2 fully saturated rings. The van der Waals surface area contributed by atoms with E-state index in [2.05, 4.69) is 58.4 Å². The van der Waals surface area contributed by atoms with E-state index >= 15 is 0 Å². The molecule has 2 unspecified atom stereocenters. The molecule has 1 saturated heterocycles. The highest BCUT2D eigenvalue weighted by molar-refractivity contribution is 5.94. The Bertz CT molecular complexity index is 1230. The van der Waals surface area contributed by atoms with E-state index in [4.69, 9.17) is 4.98 Å². The predicted octanol–water partition coefficient (Wildman–Crippen LogP) is 3.18. The van der Waals surface area contributed by atoms with Gasteiger partial charge in [0.15, 0.2) is 0 Å². The molecule has 1 amide bonds. The third kappa shape index (κ3) is 3.34. The van der Waals surface area contributed by atoms with Gasteiger partial charge in [-0.15, -0.1) is 0 Å². The van der Waals surface area contributed by atoms with Crippen LogP contribution in [0.4, 0.5) is 5.82 Å². The molecule has 1 aliphatic heterocycles. The Hall–Kier alpha value is -3.16. The number of hydrogen-bond donors (Lipinski definition) is 2. The molecule has 0 aromatic carbocycles. The summed E-state index contributed by atoms with van der Waals surface area (Å²) in [5.74, 6) is 2.58. The summed E-state index contributed by atoms with van der Waals surface area (Å²) < 4.78 is 1.81.